The smallest absolute Gasteiger partial charge is 0.0965 e. The van der Waals surface area contributed by atoms with E-state index in [-0.39, 0.29) is 0 Å². The molecule has 0 amide bonds. The Balaban J connectivity index is 1.74. The summed E-state index contributed by atoms with van der Waals surface area (Å²) >= 11 is 3.84. The third-order valence-corrected chi connectivity index (χ3v) is 5.15. The molecule has 0 saturated carbocycles. The minimum Gasteiger partial charge on any atom is -0.312 e. The SMILES string of the molecule is CC1CC(NCC(C)c2nccs2)CS1. The van der Waals surface area contributed by atoms with Crippen LogP contribution >= 0.6 is 23.1 Å². The van der Waals surface area contributed by atoms with Crippen molar-refractivity contribution in [2.24, 2.45) is 0 Å². The molecule has 3 atom stereocenters. The molecule has 3 unspecified atom stereocenters. The van der Waals surface area contributed by atoms with Gasteiger partial charge in [0.05, 0.1) is 5.01 Å². The highest BCUT2D eigenvalue weighted by Crippen LogP contribution is 2.26. The zero-order chi connectivity index (χ0) is 10.7. The molecule has 1 N–H and O–H groups in total. The third-order valence-electron chi connectivity index (χ3n) is 2.78. The first kappa shape index (κ1) is 11.4. The zero-order valence-electron chi connectivity index (χ0n) is 9.27. The molecule has 1 aliphatic heterocycles. The number of thiazole rings is 1. The number of thioether (sulfide) groups is 1. The van der Waals surface area contributed by atoms with Crippen LogP contribution in [-0.4, -0.2) is 28.6 Å². The molecule has 2 heterocycles. The quantitative estimate of drug-likeness (QED) is 0.879. The number of hydrogen-bond acceptors (Lipinski definition) is 4. The minimum atomic E-state index is 0.547. The molecule has 1 aliphatic rings. The topological polar surface area (TPSA) is 24.9 Å². The van der Waals surface area contributed by atoms with Crippen molar-refractivity contribution in [3.63, 3.8) is 0 Å². The fourth-order valence-electron chi connectivity index (χ4n) is 1.87. The van der Waals surface area contributed by atoms with Crippen LogP contribution in [0.1, 0.15) is 31.2 Å². The van der Waals surface area contributed by atoms with Gasteiger partial charge in [-0.3, -0.25) is 0 Å². The molecule has 0 bridgehead atoms. The van der Waals surface area contributed by atoms with Gasteiger partial charge in [-0.2, -0.15) is 11.8 Å². The van der Waals surface area contributed by atoms with E-state index < -0.39 is 0 Å². The maximum atomic E-state index is 4.35. The minimum absolute atomic E-state index is 0.547. The van der Waals surface area contributed by atoms with Crippen molar-refractivity contribution in [2.45, 2.75) is 37.5 Å². The molecule has 1 fully saturated rings. The van der Waals surface area contributed by atoms with Crippen molar-refractivity contribution in [3.05, 3.63) is 16.6 Å². The molecular formula is C11H18N2S2. The van der Waals surface area contributed by atoms with Crippen molar-refractivity contribution >= 4 is 23.1 Å². The molecule has 2 nitrogen and oxygen atoms in total. The Morgan fingerprint density at radius 2 is 2.53 bits per heavy atom. The average molecular weight is 242 g/mol. The fourth-order valence-corrected chi connectivity index (χ4v) is 3.75. The van der Waals surface area contributed by atoms with Gasteiger partial charge in [0.15, 0.2) is 0 Å². The number of nitrogens with zero attached hydrogens (tertiary/aromatic N) is 1. The van der Waals surface area contributed by atoms with Gasteiger partial charge < -0.3 is 5.32 Å². The van der Waals surface area contributed by atoms with Crippen molar-refractivity contribution in [3.8, 4) is 0 Å². The van der Waals surface area contributed by atoms with Gasteiger partial charge in [0.2, 0.25) is 0 Å². The second kappa shape index (κ2) is 5.32. The third kappa shape index (κ3) is 3.20. The molecule has 0 aliphatic carbocycles. The molecule has 1 saturated heterocycles. The molecule has 4 heteroatoms. The number of rotatable bonds is 4. The lowest BCUT2D eigenvalue weighted by Gasteiger charge is -2.14. The Bertz CT molecular complexity index is 287. The highest BCUT2D eigenvalue weighted by molar-refractivity contribution is 8.00. The summed E-state index contributed by atoms with van der Waals surface area (Å²) in [5.41, 5.74) is 0. The summed E-state index contributed by atoms with van der Waals surface area (Å²) in [5, 5.41) is 7.78. The second-order valence-electron chi connectivity index (χ2n) is 4.26. The van der Waals surface area contributed by atoms with Gasteiger partial charge in [-0.05, 0) is 6.42 Å². The zero-order valence-corrected chi connectivity index (χ0v) is 10.9. The van der Waals surface area contributed by atoms with E-state index in [1.54, 1.807) is 11.3 Å². The summed E-state index contributed by atoms with van der Waals surface area (Å²) in [6.07, 6.45) is 3.21. The molecule has 2 rings (SSSR count). The first-order valence-electron chi connectivity index (χ1n) is 5.50. The lowest BCUT2D eigenvalue weighted by atomic mass is 10.1. The summed E-state index contributed by atoms with van der Waals surface area (Å²) in [4.78, 5) is 4.35. The van der Waals surface area contributed by atoms with Gasteiger partial charge in [-0.15, -0.1) is 11.3 Å². The Hall–Kier alpha value is -0.0600. The number of aromatic nitrogens is 1. The van der Waals surface area contributed by atoms with Crippen LogP contribution in [-0.2, 0) is 0 Å². The average Bonchev–Trinajstić information content (AvgIpc) is 2.84. The van der Waals surface area contributed by atoms with E-state index in [9.17, 15) is 0 Å². The lowest BCUT2D eigenvalue weighted by Crippen LogP contribution is -2.32. The normalized spacial score (nSPS) is 28.1. The highest BCUT2D eigenvalue weighted by Gasteiger charge is 2.22. The summed E-state index contributed by atoms with van der Waals surface area (Å²) in [6, 6.07) is 0.715. The van der Waals surface area contributed by atoms with Crippen LogP contribution in [0.25, 0.3) is 0 Å². The van der Waals surface area contributed by atoms with E-state index in [4.69, 9.17) is 0 Å². The van der Waals surface area contributed by atoms with Crippen molar-refractivity contribution in [1.82, 2.24) is 10.3 Å². The molecule has 0 radical (unpaired) electrons. The number of nitrogens with one attached hydrogen (secondary N) is 1. The van der Waals surface area contributed by atoms with Crippen LogP contribution in [0, 0.1) is 0 Å². The van der Waals surface area contributed by atoms with E-state index in [2.05, 4.69) is 41.3 Å². The molecule has 1 aromatic rings. The fraction of sp³-hybridized carbons (Fsp3) is 0.727. The van der Waals surface area contributed by atoms with Crippen molar-refractivity contribution < 1.29 is 0 Å². The molecule has 15 heavy (non-hydrogen) atoms. The summed E-state index contributed by atoms with van der Waals surface area (Å²) < 4.78 is 0. The van der Waals surface area contributed by atoms with E-state index in [0.717, 1.165) is 11.8 Å². The monoisotopic (exact) mass is 242 g/mol. The van der Waals surface area contributed by atoms with Crippen LogP contribution in [0.2, 0.25) is 0 Å². The predicted octanol–water partition coefficient (Wildman–Crippen LogP) is 2.73. The molecule has 1 aromatic heterocycles. The summed E-state index contributed by atoms with van der Waals surface area (Å²) in [6.45, 7) is 5.62. The maximum absolute atomic E-state index is 4.35. The van der Waals surface area contributed by atoms with Gasteiger partial charge in [-0.25, -0.2) is 4.98 Å². The first-order chi connectivity index (χ1) is 7.25. The van der Waals surface area contributed by atoms with Gasteiger partial charge in [0, 0.05) is 41.1 Å². The van der Waals surface area contributed by atoms with Gasteiger partial charge in [-0.1, -0.05) is 13.8 Å². The second-order valence-corrected chi connectivity index (χ2v) is 6.65. The van der Waals surface area contributed by atoms with Crippen LogP contribution in [0.4, 0.5) is 0 Å². The predicted molar refractivity (Wildman–Crippen MR) is 68.9 cm³/mol. The molecule has 0 spiro atoms. The lowest BCUT2D eigenvalue weighted by molar-refractivity contribution is 0.511. The largest absolute Gasteiger partial charge is 0.312 e. The summed E-state index contributed by atoms with van der Waals surface area (Å²) in [7, 11) is 0. The van der Waals surface area contributed by atoms with Crippen LogP contribution in [0.3, 0.4) is 0 Å². The summed E-state index contributed by atoms with van der Waals surface area (Å²) in [5.74, 6) is 1.82. The highest BCUT2D eigenvalue weighted by atomic mass is 32.2. The molecule has 0 aromatic carbocycles. The maximum Gasteiger partial charge on any atom is 0.0965 e. The Labute approximate surface area is 99.9 Å². The number of hydrogen-bond donors (Lipinski definition) is 1. The van der Waals surface area contributed by atoms with E-state index >= 15 is 0 Å². The van der Waals surface area contributed by atoms with Crippen LogP contribution < -0.4 is 5.32 Å². The van der Waals surface area contributed by atoms with Crippen molar-refractivity contribution in [1.29, 1.82) is 0 Å². The Morgan fingerprint density at radius 3 is 3.13 bits per heavy atom. The van der Waals surface area contributed by atoms with Gasteiger partial charge >= 0.3 is 0 Å². The standard InChI is InChI=1S/C11H18N2S2/c1-8(11-12-3-4-14-11)6-13-10-5-9(2)15-7-10/h3-4,8-10,13H,5-7H2,1-2H3. The van der Waals surface area contributed by atoms with Crippen LogP contribution in [0.5, 0.6) is 0 Å². The van der Waals surface area contributed by atoms with Crippen molar-refractivity contribution in [2.75, 3.05) is 12.3 Å². The Morgan fingerprint density at radius 1 is 1.67 bits per heavy atom. The first-order valence-corrected chi connectivity index (χ1v) is 7.43. The molecular weight excluding hydrogens is 224 g/mol. The van der Waals surface area contributed by atoms with E-state index in [1.165, 1.54) is 17.2 Å². The van der Waals surface area contributed by atoms with E-state index in [0.29, 0.717) is 12.0 Å². The van der Waals surface area contributed by atoms with Gasteiger partial charge in [0.25, 0.3) is 0 Å². The van der Waals surface area contributed by atoms with Gasteiger partial charge in [0.1, 0.15) is 0 Å². The molecule has 84 valence electrons. The van der Waals surface area contributed by atoms with E-state index in [1.807, 2.05) is 6.20 Å². The Kier molecular flexibility index (Phi) is 4.05. The van der Waals surface area contributed by atoms with Crippen LogP contribution in [0.15, 0.2) is 11.6 Å².